The van der Waals surface area contributed by atoms with Gasteiger partial charge in [-0.05, 0) is 41.5 Å². The van der Waals surface area contributed by atoms with E-state index in [0.29, 0.717) is 10.9 Å². The first kappa shape index (κ1) is 16.1. The van der Waals surface area contributed by atoms with E-state index in [0.717, 1.165) is 15.1 Å². The Morgan fingerprint density at radius 3 is 2.88 bits per heavy atom. The van der Waals surface area contributed by atoms with Crippen LogP contribution in [0.1, 0.15) is 5.56 Å². The summed E-state index contributed by atoms with van der Waals surface area (Å²) in [6, 6.07) is 20.5. The normalized spacial score (nSPS) is 11.1. The van der Waals surface area contributed by atoms with Crippen LogP contribution in [-0.2, 0) is 4.79 Å². The number of hydrogen-bond acceptors (Lipinski definition) is 4. The lowest BCUT2D eigenvalue weighted by Crippen LogP contribution is -2.13. The van der Waals surface area contributed by atoms with Crippen molar-refractivity contribution in [3.8, 4) is 0 Å². The smallest absolute Gasteiger partial charge is 0.236 e. The SMILES string of the molecule is Cc1ccc2nc(NC(=O)CSc3cccc4ccccc34)sc2c1. The number of aromatic nitrogens is 1. The molecule has 0 radical (unpaired) electrons. The lowest BCUT2D eigenvalue weighted by molar-refractivity contribution is -0.113. The van der Waals surface area contributed by atoms with Gasteiger partial charge in [0.15, 0.2) is 5.13 Å². The highest BCUT2D eigenvalue weighted by atomic mass is 32.2. The molecule has 0 aliphatic carbocycles. The van der Waals surface area contributed by atoms with E-state index in [9.17, 15) is 4.79 Å². The summed E-state index contributed by atoms with van der Waals surface area (Å²) in [5.41, 5.74) is 2.12. The van der Waals surface area contributed by atoms with Crippen molar-refractivity contribution in [2.75, 3.05) is 11.1 Å². The molecular formula is C20H16N2OS2. The van der Waals surface area contributed by atoms with Gasteiger partial charge in [-0.25, -0.2) is 4.98 Å². The molecule has 4 aromatic rings. The van der Waals surface area contributed by atoms with Crippen LogP contribution in [0.5, 0.6) is 0 Å². The van der Waals surface area contributed by atoms with E-state index in [1.54, 1.807) is 11.8 Å². The van der Waals surface area contributed by atoms with Gasteiger partial charge in [0.25, 0.3) is 0 Å². The lowest BCUT2D eigenvalue weighted by Gasteiger charge is -2.06. The highest BCUT2D eigenvalue weighted by molar-refractivity contribution is 8.00. The zero-order chi connectivity index (χ0) is 17.2. The molecule has 25 heavy (non-hydrogen) atoms. The summed E-state index contributed by atoms with van der Waals surface area (Å²) in [6.45, 7) is 2.05. The van der Waals surface area contributed by atoms with E-state index < -0.39 is 0 Å². The largest absolute Gasteiger partial charge is 0.301 e. The maximum Gasteiger partial charge on any atom is 0.236 e. The number of thiazole rings is 1. The van der Waals surface area contributed by atoms with E-state index >= 15 is 0 Å². The van der Waals surface area contributed by atoms with Crippen LogP contribution in [0.3, 0.4) is 0 Å². The molecule has 0 fully saturated rings. The fourth-order valence-corrected chi connectivity index (χ4v) is 4.56. The van der Waals surface area contributed by atoms with Gasteiger partial charge in [0.1, 0.15) is 0 Å². The summed E-state index contributed by atoms with van der Waals surface area (Å²) in [4.78, 5) is 17.9. The lowest BCUT2D eigenvalue weighted by atomic mass is 10.1. The highest BCUT2D eigenvalue weighted by Crippen LogP contribution is 2.29. The van der Waals surface area contributed by atoms with Gasteiger partial charge < -0.3 is 5.32 Å². The molecule has 1 N–H and O–H groups in total. The number of anilines is 1. The maximum atomic E-state index is 12.3. The number of nitrogens with one attached hydrogen (secondary N) is 1. The summed E-state index contributed by atoms with van der Waals surface area (Å²) in [5.74, 6) is 0.330. The van der Waals surface area contributed by atoms with Crippen molar-refractivity contribution in [3.63, 3.8) is 0 Å². The van der Waals surface area contributed by atoms with Crippen LogP contribution in [0.15, 0.2) is 65.6 Å². The molecule has 3 aromatic carbocycles. The van der Waals surface area contributed by atoms with Crippen molar-refractivity contribution in [2.45, 2.75) is 11.8 Å². The molecule has 0 atom stereocenters. The molecule has 0 saturated heterocycles. The highest BCUT2D eigenvalue weighted by Gasteiger charge is 2.09. The number of thioether (sulfide) groups is 1. The standard InChI is InChI=1S/C20H16N2OS2/c1-13-9-10-16-18(11-13)25-20(21-16)22-19(23)12-24-17-8-4-6-14-5-2-3-7-15(14)17/h2-11H,12H2,1H3,(H,21,22,23). The quantitative estimate of drug-likeness (QED) is 0.487. The topological polar surface area (TPSA) is 42.0 Å². The van der Waals surface area contributed by atoms with E-state index in [2.05, 4.69) is 47.6 Å². The molecule has 3 nitrogen and oxygen atoms in total. The van der Waals surface area contributed by atoms with Crippen LogP contribution in [0, 0.1) is 6.92 Å². The second-order valence-corrected chi connectivity index (χ2v) is 7.85. The molecule has 0 aliphatic rings. The summed E-state index contributed by atoms with van der Waals surface area (Å²) in [7, 11) is 0. The van der Waals surface area contributed by atoms with Gasteiger partial charge in [0.2, 0.25) is 5.91 Å². The molecular weight excluding hydrogens is 348 g/mol. The molecule has 4 rings (SSSR count). The third kappa shape index (κ3) is 3.52. The van der Waals surface area contributed by atoms with Crippen molar-refractivity contribution in [1.29, 1.82) is 0 Å². The van der Waals surface area contributed by atoms with Crippen LogP contribution < -0.4 is 5.32 Å². The predicted molar refractivity (Wildman–Crippen MR) is 108 cm³/mol. The number of benzene rings is 3. The Morgan fingerprint density at radius 1 is 1.12 bits per heavy atom. The minimum Gasteiger partial charge on any atom is -0.301 e. The van der Waals surface area contributed by atoms with Gasteiger partial charge >= 0.3 is 0 Å². The molecule has 0 spiro atoms. The van der Waals surface area contributed by atoms with Gasteiger partial charge in [-0.1, -0.05) is 53.8 Å². The number of fused-ring (bicyclic) bond motifs is 2. The molecule has 5 heteroatoms. The van der Waals surface area contributed by atoms with Gasteiger partial charge in [-0.15, -0.1) is 11.8 Å². The molecule has 0 bridgehead atoms. The van der Waals surface area contributed by atoms with Crippen LogP contribution >= 0.6 is 23.1 Å². The maximum absolute atomic E-state index is 12.3. The Labute approximate surface area is 154 Å². The average molecular weight is 364 g/mol. The van der Waals surface area contributed by atoms with Gasteiger partial charge in [0.05, 0.1) is 16.0 Å². The number of aryl methyl sites for hydroxylation is 1. The van der Waals surface area contributed by atoms with Crippen LogP contribution in [0.25, 0.3) is 21.0 Å². The number of nitrogens with zero attached hydrogens (tertiary/aromatic N) is 1. The first-order valence-electron chi connectivity index (χ1n) is 7.97. The average Bonchev–Trinajstić information content (AvgIpc) is 3.01. The third-order valence-electron chi connectivity index (χ3n) is 3.90. The summed E-state index contributed by atoms with van der Waals surface area (Å²) in [5, 5.41) is 5.94. The monoisotopic (exact) mass is 364 g/mol. The number of carbonyl (C=O) groups is 1. The molecule has 124 valence electrons. The molecule has 1 aromatic heterocycles. The van der Waals surface area contributed by atoms with Crippen LogP contribution in [-0.4, -0.2) is 16.6 Å². The Kier molecular flexibility index (Phi) is 4.42. The van der Waals surface area contributed by atoms with E-state index in [4.69, 9.17) is 0 Å². The number of rotatable bonds is 4. The zero-order valence-electron chi connectivity index (χ0n) is 13.7. The van der Waals surface area contributed by atoms with Crippen molar-refractivity contribution in [2.24, 2.45) is 0 Å². The van der Waals surface area contributed by atoms with Gasteiger partial charge in [-0.2, -0.15) is 0 Å². The Balaban J connectivity index is 1.46. The third-order valence-corrected chi connectivity index (χ3v) is 5.91. The number of amides is 1. The second-order valence-electron chi connectivity index (χ2n) is 5.80. The van der Waals surface area contributed by atoms with Crippen molar-refractivity contribution in [1.82, 2.24) is 4.98 Å². The van der Waals surface area contributed by atoms with Crippen molar-refractivity contribution in [3.05, 3.63) is 66.2 Å². The first-order valence-corrected chi connectivity index (χ1v) is 9.77. The first-order chi connectivity index (χ1) is 12.2. The Bertz CT molecular complexity index is 1070. The number of carbonyl (C=O) groups excluding carboxylic acids is 1. The molecule has 0 aliphatic heterocycles. The Hall–Kier alpha value is -2.37. The van der Waals surface area contributed by atoms with Gasteiger partial charge in [0, 0.05) is 4.90 Å². The summed E-state index contributed by atoms with van der Waals surface area (Å²) in [6.07, 6.45) is 0. The van der Waals surface area contributed by atoms with E-state index in [-0.39, 0.29) is 5.91 Å². The molecule has 0 saturated carbocycles. The summed E-state index contributed by atoms with van der Waals surface area (Å²) >= 11 is 3.06. The van der Waals surface area contributed by atoms with Crippen LogP contribution in [0.4, 0.5) is 5.13 Å². The van der Waals surface area contributed by atoms with Crippen molar-refractivity contribution >= 4 is 55.1 Å². The minimum atomic E-state index is -0.0336. The Morgan fingerprint density at radius 2 is 1.96 bits per heavy atom. The van der Waals surface area contributed by atoms with E-state index in [1.807, 2.05) is 30.3 Å². The number of hydrogen-bond donors (Lipinski definition) is 1. The minimum absolute atomic E-state index is 0.0336. The molecule has 0 unspecified atom stereocenters. The van der Waals surface area contributed by atoms with Crippen molar-refractivity contribution < 1.29 is 4.79 Å². The van der Waals surface area contributed by atoms with Gasteiger partial charge in [-0.3, -0.25) is 4.79 Å². The zero-order valence-corrected chi connectivity index (χ0v) is 15.3. The van der Waals surface area contributed by atoms with E-state index in [1.165, 1.54) is 27.7 Å². The fourth-order valence-electron chi connectivity index (χ4n) is 2.71. The van der Waals surface area contributed by atoms with Crippen LogP contribution in [0.2, 0.25) is 0 Å². The molecule has 1 heterocycles. The second kappa shape index (κ2) is 6.86. The summed E-state index contributed by atoms with van der Waals surface area (Å²) < 4.78 is 1.09. The molecule has 1 amide bonds. The predicted octanol–water partition coefficient (Wildman–Crippen LogP) is 5.49. The fraction of sp³-hybridized carbons (Fsp3) is 0.100.